The molecule has 160 valence electrons. The lowest BCUT2D eigenvalue weighted by molar-refractivity contribution is -0.137. The van der Waals surface area contributed by atoms with Crippen molar-refractivity contribution in [3.8, 4) is 16.9 Å². The van der Waals surface area contributed by atoms with E-state index in [4.69, 9.17) is 4.74 Å². The van der Waals surface area contributed by atoms with E-state index in [1.165, 1.54) is 41.4 Å². The summed E-state index contributed by atoms with van der Waals surface area (Å²) in [7, 11) is 0. The van der Waals surface area contributed by atoms with Gasteiger partial charge in [0, 0.05) is 11.8 Å². The van der Waals surface area contributed by atoms with Crippen LogP contribution >= 0.6 is 0 Å². The fraction of sp³-hybridized carbons (Fsp3) is 0.182. The van der Waals surface area contributed by atoms with Gasteiger partial charge in [-0.1, -0.05) is 12.1 Å². The van der Waals surface area contributed by atoms with Gasteiger partial charge in [0.05, 0.1) is 29.9 Å². The quantitative estimate of drug-likeness (QED) is 0.540. The highest BCUT2D eigenvalue weighted by molar-refractivity contribution is 5.98. The Hall–Kier alpha value is -3.49. The van der Waals surface area contributed by atoms with Crippen LogP contribution in [0.5, 0.6) is 5.75 Å². The molecule has 0 bridgehead atoms. The number of nitrogens with zero attached hydrogens (tertiary/aromatic N) is 2. The van der Waals surface area contributed by atoms with Gasteiger partial charge in [0.25, 0.3) is 5.91 Å². The smallest absolute Gasteiger partial charge is 0.416 e. The van der Waals surface area contributed by atoms with Gasteiger partial charge in [-0.05, 0) is 42.0 Å². The fourth-order valence-electron chi connectivity index (χ4n) is 3.32. The van der Waals surface area contributed by atoms with Crippen LogP contribution in [-0.2, 0) is 12.7 Å². The van der Waals surface area contributed by atoms with Crippen LogP contribution in [0.25, 0.3) is 11.1 Å². The molecule has 0 saturated carbocycles. The van der Waals surface area contributed by atoms with Crippen LogP contribution in [0.3, 0.4) is 0 Å². The summed E-state index contributed by atoms with van der Waals surface area (Å²) >= 11 is 0. The summed E-state index contributed by atoms with van der Waals surface area (Å²) in [5.74, 6) is -1.85. The average molecular weight is 434 g/mol. The van der Waals surface area contributed by atoms with Crippen LogP contribution in [0, 0.1) is 11.6 Å². The Morgan fingerprint density at radius 1 is 1.00 bits per heavy atom. The number of alkyl halides is 3. The zero-order valence-corrected chi connectivity index (χ0v) is 15.9. The van der Waals surface area contributed by atoms with Crippen LogP contribution in [0.1, 0.15) is 21.6 Å². The van der Waals surface area contributed by atoms with Crippen LogP contribution in [0.2, 0.25) is 0 Å². The van der Waals surface area contributed by atoms with Gasteiger partial charge in [-0.2, -0.15) is 13.2 Å². The maximum Gasteiger partial charge on any atom is 0.416 e. The van der Waals surface area contributed by atoms with E-state index in [-0.39, 0.29) is 47.8 Å². The summed E-state index contributed by atoms with van der Waals surface area (Å²) in [4.78, 5) is 18.4. The highest BCUT2D eigenvalue weighted by atomic mass is 19.4. The van der Waals surface area contributed by atoms with E-state index >= 15 is 0 Å². The molecule has 1 aliphatic heterocycles. The summed E-state index contributed by atoms with van der Waals surface area (Å²) in [6, 6.07) is 9.16. The number of benzene rings is 2. The van der Waals surface area contributed by atoms with Crippen molar-refractivity contribution in [2.45, 2.75) is 12.7 Å². The van der Waals surface area contributed by atoms with Gasteiger partial charge in [-0.15, -0.1) is 0 Å². The largest absolute Gasteiger partial charge is 0.491 e. The van der Waals surface area contributed by atoms with Gasteiger partial charge in [-0.25, -0.2) is 8.78 Å². The minimum absolute atomic E-state index is 0.0873. The third kappa shape index (κ3) is 4.21. The molecule has 1 amide bonds. The average Bonchev–Trinajstić information content (AvgIpc) is 2.88. The molecule has 3 aromatic rings. The number of carbonyl (C=O) groups is 1. The minimum atomic E-state index is -4.67. The van der Waals surface area contributed by atoms with Crippen LogP contribution < -0.4 is 4.74 Å². The molecule has 0 aliphatic carbocycles. The van der Waals surface area contributed by atoms with E-state index in [0.29, 0.717) is 6.07 Å². The third-order valence-corrected chi connectivity index (χ3v) is 4.90. The summed E-state index contributed by atoms with van der Waals surface area (Å²) in [6.45, 7) is 0.238. The first-order valence-corrected chi connectivity index (χ1v) is 9.26. The highest BCUT2D eigenvalue weighted by Gasteiger charge is 2.31. The minimum Gasteiger partial charge on any atom is -0.491 e. The van der Waals surface area contributed by atoms with E-state index in [0.717, 1.165) is 12.1 Å². The lowest BCUT2D eigenvalue weighted by atomic mass is 9.99. The summed E-state index contributed by atoms with van der Waals surface area (Å²) < 4.78 is 72.4. The van der Waals surface area contributed by atoms with Crippen molar-refractivity contribution in [3.63, 3.8) is 0 Å². The molecule has 0 unspecified atom stereocenters. The SMILES string of the molecule is O=C1c2cc(-c3ccc(C(F)(F)F)cc3F)ccc2OCCN1Cc1ncccc1F. The molecular formula is C22H15F5N2O2. The number of halogens is 5. The Balaban J connectivity index is 1.68. The molecule has 0 radical (unpaired) electrons. The number of hydrogen-bond acceptors (Lipinski definition) is 3. The predicted octanol–water partition coefficient (Wildman–Crippen LogP) is 5.08. The molecule has 0 saturated heterocycles. The molecule has 0 N–H and O–H groups in total. The van der Waals surface area contributed by atoms with Crippen molar-refractivity contribution in [1.29, 1.82) is 0 Å². The van der Waals surface area contributed by atoms with Crippen molar-refractivity contribution in [2.75, 3.05) is 13.2 Å². The fourth-order valence-corrected chi connectivity index (χ4v) is 3.32. The maximum atomic E-state index is 14.4. The lowest BCUT2D eigenvalue weighted by Gasteiger charge is -2.20. The number of amides is 1. The summed E-state index contributed by atoms with van der Waals surface area (Å²) in [5, 5.41) is 0. The molecule has 31 heavy (non-hydrogen) atoms. The second-order valence-corrected chi connectivity index (χ2v) is 6.91. The molecule has 2 aromatic carbocycles. The second-order valence-electron chi connectivity index (χ2n) is 6.91. The van der Waals surface area contributed by atoms with Crippen molar-refractivity contribution < 1.29 is 31.5 Å². The number of hydrogen-bond donors (Lipinski definition) is 0. The Labute approximate surface area is 173 Å². The number of fused-ring (bicyclic) bond motifs is 1. The van der Waals surface area contributed by atoms with Crippen molar-refractivity contribution in [2.24, 2.45) is 0 Å². The molecule has 2 heterocycles. The van der Waals surface area contributed by atoms with Gasteiger partial charge in [0.15, 0.2) is 0 Å². The van der Waals surface area contributed by atoms with Gasteiger partial charge >= 0.3 is 6.18 Å². The van der Waals surface area contributed by atoms with Crippen molar-refractivity contribution in [3.05, 3.63) is 83.2 Å². The van der Waals surface area contributed by atoms with E-state index in [9.17, 15) is 26.7 Å². The third-order valence-electron chi connectivity index (χ3n) is 4.90. The van der Waals surface area contributed by atoms with Crippen LogP contribution in [0.4, 0.5) is 22.0 Å². The topological polar surface area (TPSA) is 42.4 Å². The zero-order chi connectivity index (χ0) is 22.2. The van der Waals surface area contributed by atoms with Gasteiger partial charge < -0.3 is 9.64 Å². The molecular weight excluding hydrogens is 419 g/mol. The first-order valence-electron chi connectivity index (χ1n) is 9.26. The Bertz CT molecular complexity index is 1150. The number of aromatic nitrogens is 1. The molecule has 4 nitrogen and oxygen atoms in total. The highest BCUT2D eigenvalue weighted by Crippen LogP contribution is 2.35. The Kier molecular flexibility index (Phi) is 5.34. The zero-order valence-electron chi connectivity index (χ0n) is 15.9. The van der Waals surface area contributed by atoms with E-state index in [1.54, 1.807) is 0 Å². The molecule has 1 aliphatic rings. The number of rotatable bonds is 3. The van der Waals surface area contributed by atoms with Crippen molar-refractivity contribution in [1.82, 2.24) is 9.88 Å². The monoisotopic (exact) mass is 434 g/mol. The summed E-state index contributed by atoms with van der Waals surface area (Å²) in [6.07, 6.45) is -3.26. The molecule has 0 spiro atoms. The number of ether oxygens (including phenoxy) is 1. The van der Waals surface area contributed by atoms with Gasteiger partial charge in [-0.3, -0.25) is 9.78 Å². The summed E-state index contributed by atoms with van der Waals surface area (Å²) in [5.41, 5.74) is -0.788. The standard InChI is InChI=1S/C22H15F5N2O2/c23-17-2-1-7-28-19(17)12-29-8-9-31-20-6-3-13(10-16(20)21(29)30)15-5-4-14(11-18(15)24)22(25,26)27/h1-7,10-11H,8-9,12H2. The number of pyridine rings is 1. The van der Waals surface area contributed by atoms with Gasteiger partial charge in [0.1, 0.15) is 24.0 Å². The van der Waals surface area contributed by atoms with E-state index in [2.05, 4.69) is 4.98 Å². The maximum absolute atomic E-state index is 14.4. The Morgan fingerprint density at radius 3 is 2.52 bits per heavy atom. The van der Waals surface area contributed by atoms with Gasteiger partial charge in [0.2, 0.25) is 0 Å². The first kappa shape index (κ1) is 20.8. The van der Waals surface area contributed by atoms with E-state index < -0.39 is 29.3 Å². The molecule has 1 aromatic heterocycles. The predicted molar refractivity (Wildman–Crippen MR) is 101 cm³/mol. The molecule has 4 rings (SSSR count). The molecule has 9 heteroatoms. The molecule has 0 atom stereocenters. The van der Waals surface area contributed by atoms with E-state index in [1.807, 2.05) is 0 Å². The second kappa shape index (κ2) is 7.98. The molecule has 0 fully saturated rings. The normalized spacial score (nSPS) is 14.1. The van der Waals surface area contributed by atoms with Crippen molar-refractivity contribution >= 4 is 5.91 Å². The number of carbonyl (C=O) groups excluding carboxylic acids is 1. The lowest BCUT2D eigenvalue weighted by Crippen LogP contribution is -2.32. The van der Waals surface area contributed by atoms with Crippen LogP contribution in [0.15, 0.2) is 54.7 Å². The van der Waals surface area contributed by atoms with Crippen LogP contribution in [-0.4, -0.2) is 28.9 Å². The first-order chi connectivity index (χ1) is 14.7. The Morgan fingerprint density at radius 2 is 1.81 bits per heavy atom.